The maximum absolute atomic E-state index is 13.2. The molecule has 10 rings (SSSR count). The molecule has 73 heavy (non-hydrogen) atoms. The molecule has 0 heterocycles. The van der Waals surface area contributed by atoms with Crippen LogP contribution in [0.15, 0.2) is 84.9 Å². The normalized spacial score (nSPS) is 29.2. The first-order chi connectivity index (χ1) is 35.2. The molecule has 4 aromatic rings. The van der Waals surface area contributed by atoms with Gasteiger partial charge < -0.3 is 29.5 Å². The topological polar surface area (TPSA) is 129 Å². The predicted molar refractivity (Wildman–Crippen MR) is 287 cm³/mol. The molecular weight excluding hydrogens is 913 g/mol. The van der Waals surface area contributed by atoms with Crippen LogP contribution < -0.4 is 14.2 Å². The summed E-state index contributed by atoms with van der Waals surface area (Å²) in [6, 6.07) is 29.2. The number of phenolic OH excluding ortho intramolecular Hbond substituents is 1. The molecule has 4 saturated carbocycles. The third-order valence-electron chi connectivity index (χ3n) is 18.2. The summed E-state index contributed by atoms with van der Waals surface area (Å²) in [5.41, 5.74) is 7.64. The molecule has 10 nitrogen and oxygen atoms in total. The highest BCUT2D eigenvalue weighted by Gasteiger charge is 2.59. The van der Waals surface area contributed by atoms with E-state index in [4.69, 9.17) is 32.2 Å². The zero-order valence-electron chi connectivity index (χ0n) is 44.0. The summed E-state index contributed by atoms with van der Waals surface area (Å²) in [4.78, 5) is 28.8. The molecule has 388 valence electrons. The van der Waals surface area contributed by atoms with Gasteiger partial charge in [-0.15, -0.1) is 12.8 Å². The first-order valence-corrected chi connectivity index (χ1v) is 26.7. The molecular formula is C63H78N2O8. The fourth-order valence-electron chi connectivity index (χ4n) is 14.7. The van der Waals surface area contributed by atoms with Crippen LogP contribution in [0.3, 0.4) is 0 Å². The van der Waals surface area contributed by atoms with E-state index in [2.05, 4.69) is 96.2 Å². The highest BCUT2D eigenvalue weighted by atomic mass is 16.5. The lowest BCUT2D eigenvalue weighted by Gasteiger charge is -2.54. The van der Waals surface area contributed by atoms with Crippen molar-refractivity contribution in [2.45, 2.75) is 115 Å². The Morgan fingerprint density at radius 1 is 0.671 bits per heavy atom. The number of benzene rings is 4. The maximum atomic E-state index is 13.2. The van der Waals surface area contributed by atoms with Gasteiger partial charge in [-0.05, 0) is 207 Å². The number of aromatic hydroxyl groups is 1. The van der Waals surface area contributed by atoms with Crippen molar-refractivity contribution in [2.75, 3.05) is 60.6 Å². The molecule has 0 aliphatic heterocycles. The highest BCUT2D eigenvalue weighted by Crippen LogP contribution is 2.66. The third kappa shape index (κ3) is 11.3. The molecule has 4 aromatic carbocycles. The molecule has 0 bridgehead atoms. The van der Waals surface area contributed by atoms with Crippen molar-refractivity contribution >= 4 is 11.8 Å². The van der Waals surface area contributed by atoms with Crippen molar-refractivity contribution in [3.8, 4) is 47.7 Å². The molecule has 0 radical (unpaired) electrons. The number of phenols is 1. The minimum Gasteiger partial charge on any atom is -0.508 e. The van der Waals surface area contributed by atoms with E-state index in [1.165, 1.54) is 40.3 Å². The second kappa shape index (κ2) is 23.3. The number of ketones is 1. The Labute approximate surface area is 434 Å². The molecule has 6 aliphatic rings. The summed E-state index contributed by atoms with van der Waals surface area (Å²) in [5.74, 6) is 11.6. The van der Waals surface area contributed by atoms with Crippen LogP contribution in [0.4, 0.5) is 0 Å². The van der Waals surface area contributed by atoms with Crippen molar-refractivity contribution in [3.63, 3.8) is 0 Å². The number of aryl methyl sites for hydroxylation is 2. The average Bonchev–Trinajstić information content (AvgIpc) is 3.86. The number of aliphatic hydroxyl groups excluding tert-OH is 2. The minimum absolute atomic E-state index is 0.0307. The van der Waals surface area contributed by atoms with Gasteiger partial charge in [-0.3, -0.25) is 19.4 Å². The number of carbonyl (C=O) groups is 2. The summed E-state index contributed by atoms with van der Waals surface area (Å²) >= 11 is 0. The van der Waals surface area contributed by atoms with Gasteiger partial charge in [-0.1, -0.05) is 62.1 Å². The van der Waals surface area contributed by atoms with Gasteiger partial charge in [0.1, 0.15) is 42.0 Å². The van der Waals surface area contributed by atoms with E-state index in [0.29, 0.717) is 91.4 Å². The molecule has 6 unspecified atom stereocenters. The van der Waals surface area contributed by atoms with Crippen LogP contribution in [0.1, 0.15) is 129 Å². The highest BCUT2D eigenvalue weighted by molar-refractivity contribution is 5.87. The van der Waals surface area contributed by atoms with E-state index in [1.54, 1.807) is 0 Å². The molecule has 0 amide bonds. The molecule has 4 fully saturated rings. The fraction of sp³-hybridized carbons (Fsp3) is 0.524. The number of carbonyl (C=O) groups excluding carboxylic acids is 2. The van der Waals surface area contributed by atoms with Gasteiger partial charge in [0.2, 0.25) is 0 Å². The Hall–Kier alpha value is -5.62. The third-order valence-corrected chi connectivity index (χ3v) is 18.2. The zero-order valence-corrected chi connectivity index (χ0v) is 44.0. The Kier molecular flexibility index (Phi) is 17.1. The van der Waals surface area contributed by atoms with Gasteiger partial charge in [0, 0.05) is 39.0 Å². The molecule has 0 spiro atoms. The number of likely N-dealkylation sites (N-methyl/N-ethyl adjacent to an activating group) is 2. The monoisotopic (exact) mass is 991 g/mol. The van der Waals surface area contributed by atoms with Gasteiger partial charge in [0.25, 0.3) is 0 Å². The van der Waals surface area contributed by atoms with E-state index in [-0.39, 0.29) is 28.8 Å². The number of hydrogen-bond donors (Lipinski definition) is 3. The Morgan fingerprint density at radius 3 is 1.73 bits per heavy atom. The number of fused-ring (bicyclic) bond motifs is 10. The summed E-state index contributed by atoms with van der Waals surface area (Å²) in [6.07, 6.45) is 20.3. The number of Topliss-reactive ketones (excluding diaryl/α,β-unsaturated/α-hetero) is 1. The minimum atomic E-state index is -0.297. The first-order valence-electron chi connectivity index (χ1n) is 26.7. The summed E-state index contributed by atoms with van der Waals surface area (Å²) in [5, 5.41) is 28.1. The molecule has 0 saturated heterocycles. The number of ether oxygens (including phenoxy) is 3. The van der Waals surface area contributed by atoms with Crippen LogP contribution >= 0.6 is 0 Å². The van der Waals surface area contributed by atoms with Crippen molar-refractivity contribution in [3.05, 3.63) is 118 Å². The second-order valence-corrected chi connectivity index (χ2v) is 22.3. The Bertz CT molecular complexity index is 2630. The smallest absolute Gasteiger partial charge is 0.308 e. The lowest BCUT2D eigenvalue weighted by Crippen LogP contribution is -2.47. The SMILES string of the molecule is C#CCN(C)CCOc1ccc([C@H]2C[C@@]3(C)C(CC[C@@H]3O)C3CCc4cc(O)ccc4C32)cc1.C#CCN(C)CCOc1ccc([C@H]2C[C@]3(C)C(=O)CCC3C3CCc4cc(OC(C)=O)ccc4C32)cc1.CO. The van der Waals surface area contributed by atoms with Crippen LogP contribution in [-0.4, -0.2) is 104 Å². The number of terminal acetylenes is 2. The number of aliphatic hydroxyl groups is 2. The van der Waals surface area contributed by atoms with Crippen molar-refractivity contribution in [1.82, 2.24) is 9.80 Å². The first kappa shape index (κ1) is 53.7. The summed E-state index contributed by atoms with van der Waals surface area (Å²) in [6.45, 7) is 9.97. The van der Waals surface area contributed by atoms with Gasteiger partial charge in [-0.25, -0.2) is 0 Å². The van der Waals surface area contributed by atoms with Crippen LogP contribution in [-0.2, 0) is 22.4 Å². The quantitative estimate of drug-likeness (QED) is 0.0677. The number of hydrogen-bond acceptors (Lipinski definition) is 10. The lowest BCUT2D eigenvalue weighted by atomic mass is 9.51. The molecule has 6 aliphatic carbocycles. The Balaban J connectivity index is 0.000000189. The van der Waals surface area contributed by atoms with Gasteiger partial charge in [0.05, 0.1) is 19.2 Å². The van der Waals surface area contributed by atoms with Crippen molar-refractivity contribution in [1.29, 1.82) is 0 Å². The van der Waals surface area contributed by atoms with E-state index >= 15 is 0 Å². The van der Waals surface area contributed by atoms with Crippen LogP contribution in [0.5, 0.6) is 23.0 Å². The molecule has 3 N–H and O–H groups in total. The van der Waals surface area contributed by atoms with Gasteiger partial charge >= 0.3 is 5.97 Å². The van der Waals surface area contributed by atoms with Crippen molar-refractivity contribution < 1.29 is 39.1 Å². The number of esters is 1. The summed E-state index contributed by atoms with van der Waals surface area (Å²) < 4.78 is 17.3. The Morgan fingerprint density at radius 2 is 1.18 bits per heavy atom. The largest absolute Gasteiger partial charge is 0.508 e. The van der Waals surface area contributed by atoms with E-state index in [0.717, 1.165) is 89.5 Å². The molecule has 11 atom stereocenters. The fourth-order valence-corrected chi connectivity index (χ4v) is 14.7. The number of nitrogens with zero attached hydrogens (tertiary/aromatic N) is 2. The van der Waals surface area contributed by atoms with E-state index in [9.17, 15) is 19.8 Å². The second-order valence-electron chi connectivity index (χ2n) is 22.3. The molecule has 0 aromatic heterocycles. The van der Waals surface area contributed by atoms with Gasteiger partial charge in [-0.2, -0.15) is 0 Å². The van der Waals surface area contributed by atoms with Crippen LogP contribution in [0.25, 0.3) is 0 Å². The van der Waals surface area contributed by atoms with Crippen LogP contribution in [0.2, 0.25) is 0 Å². The van der Waals surface area contributed by atoms with Gasteiger partial charge in [0.15, 0.2) is 0 Å². The van der Waals surface area contributed by atoms with Crippen molar-refractivity contribution in [2.24, 2.45) is 34.5 Å². The molecule has 10 heteroatoms. The lowest BCUT2D eigenvalue weighted by molar-refractivity contribution is -0.132. The average molecular weight is 991 g/mol. The summed E-state index contributed by atoms with van der Waals surface area (Å²) in [7, 11) is 4.99. The number of rotatable bonds is 13. The van der Waals surface area contributed by atoms with E-state index < -0.39 is 0 Å². The predicted octanol–water partition coefficient (Wildman–Crippen LogP) is 9.93. The van der Waals surface area contributed by atoms with Crippen LogP contribution in [0, 0.1) is 59.2 Å². The standard InChI is InChI=1S/C32H37NO4.C30H37NO3.CH4O/c1-5-16-33(4)17-18-36-24-9-6-22(7-10-24)28-20-32(3)29(14-15-30(32)35)27-12-8-23-19-25(37-21(2)34)11-13-26(23)31(27)28;1-4-15-31(3)16-17-34-23-9-5-20(6-10-23)26-19-30(2)27(13-14-28(30)33)25-11-7-21-18-22(32)8-12-24(21)29(25)26;1-2/h1,6-7,9-11,13,19,27-29,31H,8,12,14-18,20H2,2-4H3;1,5-6,8-10,12,18,25-29,32-33H,7,11,13-17,19H2,2-3H3;2H,1H3/t27?,28-,29?,31?,32+;25?,26-,27?,28+,29?,30+;/m11./s1. The zero-order chi connectivity index (χ0) is 52.0. The maximum Gasteiger partial charge on any atom is 0.308 e. The van der Waals surface area contributed by atoms with E-state index in [1.807, 2.05) is 38.4 Å².